The van der Waals surface area contributed by atoms with E-state index in [0.29, 0.717) is 18.0 Å². The number of H-pyrrole nitrogens is 1. The van der Waals surface area contributed by atoms with Gasteiger partial charge in [-0.25, -0.2) is 9.78 Å². The SMILES string of the molecule is CN(C(=O)CCc1csc(N)n1)[C@H]1CC[C@@](O)(Cn2ccc(=O)[nH]c2=O)[C@H](O)C1. The summed E-state index contributed by atoms with van der Waals surface area (Å²) in [5.41, 5.74) is 3.69. The van der Waals surface area contributed by atoms with E-state index >= 15 is 0 Å². The largest absolute Gasteiger partial charge is 0.390 e. The number of amides is 1. The van der Waals surface area contributed by atoms with Gasteiger partial charge in [0.2, 0.25) is 5.91 Å². The van der Waals surface area contributed by atoms with E-state index in [9.17, 15) is 24.6 Å². The van der Waals surface area contributed by atoms with Crippen molar-refractivity contribution in [3.8, 4) is 0 Å². The van der Waals surface area contributed by atoms with E-state index in [2.05, 4.69) is 9.97 Å². The second-order valence-electron chi connectivity index (χ2n) is 7.47. The normalized spacial score (nSPS) is 24.4. The number of nitrogens with one attached hydrogen (secondary N) is 1. The van der Waals surface area contributed by atoms with Crippen LogP contribution in [0.25, 0.3) is 0 Å². The number of aliphatic hydroxyl groups is 2. The van der Waals surface area contributed by atoms with E-state index in [1.807, 2.05) is 5.38 Å². The highest BCUT2D eigenvalue weighted by Gasteiger charge is 2.43. The molecule has 1 aliphatic carbocycles. The van der Waals surface area contributed by atoms with Crippen molar-refractivity contribution in [1.29, 1.82) is 0 Å². The fourth-order valence-electron chi connectivity index (χ4n) is 3.63. The molecule has 29 heavy (non-hydrogen) atoms. The molecule has 158 valence electrons. The molecular formula is C18H25N5O5S. The first kappa shape index (κ1) is 21.2. The Morgan fingerprint density at radius 2 is 2.28 bits per heavy atom. The number of nitrogens with two attached hydrogens (primary N) is 1. The molecule has 2 heterocycles. The number of anilines is 1. The summed E-state index contributed by atoms with van der Waals surface area (Å²) in [5.74, 6) is -0.0731. The van der Waals surface area contributed by atoms with E-state index in [-0.39, 0.29) is 37.8 Å². The zero-order valence-electron chi connectivity index (χ0n) is 16.1. The maximum Gasteiger partial charge on any atom is 0.328 e. The molecule has 11 heteroatoms. The predicted octanol–water partition coefficient (Wildman–Crippen LogP) is -0.689. The first-order valence-electron chi connectivity index (χ1n) is 9.34. The van der Waals surface area contributed by atoms with Gasteiger partial charge in [0.1, 0.15) is 5.60 Å². The molecule has 0 unspecified atom stereocenters. The number of carbonyl (C=O) groups excluding carboxylic acids is 1. The van der Waals surface area contributed by atoms with Gasteiger partial charge in [-0.2, -0.15) is 0 Å². The Labute approximate surface area is 170 Å². The Hall–Kier alpha value is -2.50. The van der Waals surface area contributed by atoms with E-state index in [1.54, 1.807) is 11.9 Å². The van der Waals surface area contributed by atoms with Gasteiger partial charge in [-0.15, -0.1) is 11.3 Å². The number of aliphatic hydroxyl groups excluding tert-OH is 1. The van der Waals surface area contributed by atoms with Crippen molar-refractivity contribution in [3.63, 3.8) is 0 Å². The topological polar surface area (TPSA) is 155 Å². The summed E-state index contributed by atoms with van der Waals surface area (Å²) in [6.07, 6.45) is 1.84. The van der Waals surface area contributed by atoms with Gasteiger partial charge in [-0.05, 0) is 25.7 Å². The van der Waals surface area contributed by atoms with Crippen LogP contribution in [0.5, 0.6) is 0 Å². The molecule has 2 aromatic rings. The molecule has 0 spiro atoms. The van der Waals surface area contributed by atoms with E-state index < -0.39 is 23.0 Å². The molecule has 3 rings (SSSR count). The highest BCUT2D eigenvalue weighted by atomic mass is 32.1. The monoisotopic (exact) mass is 423 g/mol. The number of thiazole rings is 1. The molecule has 1 aliphatic rings. The van der Waals surface area contributed by atoms with Crippen LogP contribution < -0.4 is 17.0 Å². The van der Waals surface area contributed by atoms with Crippen molar-refractivity contribution >= 4 is 22.4 Å². The van der Waals surface area contributed by atoms with E-state index in [4.69, 9.17) is 5.73 Å². The van der Waals surface area contributed by atoms with E-state index in [1.165, 1.54) is 28.2 Å². The molecule has 0 bridgehead atoms. The maximum absolute atomic E-state index is 12.5. The molecule has 3 atom stereocenters. The molecule has 0 saturated heterocycles. The van der Waals surface area contributed by atoms with Crippen molar-refractivity contribution in [2.24, 2.45) is 0 Å². The van der Waals surface area contributed by atoms with Crippen LogP contribution in [0.2, 0.25) is 0 Å². The Bertz CT molecular complexity index is 985. The summed E-state index contributed by atoms with van der Waals surface area (Å²) in [6.45, 7) is -0.139. The lowest BCUT2D eigenvalue weighted by molar-refractivity contribution is -0.143. The minimum absolute atomic E-state index is 0.0731. The summed E-state index contributed by atoms with van der Waals surface area (Å²) in [4.78, 5) is 43.4. The zero-order valence-corrected chi connectivity index (χ0v) is 16.9. The van der Waals surface area contributed by atoms with Crippen molar-refractivity contribution < 1.29 is 15.0 Å². The number of hydrogen-bond donors (Lipinski definition) is 4. The molecule has 2 aromatic heterocycles. The Kier molecular flexibility index (Phi) is 6.20. The van der Waals surface area contributed by atoms with Crippen molar-refractivity contribution in [2.45, 2.75) is 56.4 Å². The van der Waals surface area contributed by atoms with Crippen LogP contribution in [-0.2, 0) is 17.8 Å². The van der Waals surface area contributed by atoms with Gasteiger partial charge in [0, 0.05) is 37.2 Å². The standard InChI is InChI=1S/C18H25N5O5S/c1-22(15(26)3-2-11-9-29-16(19)20-11)12-4-6-18(28,13(24)8-12)10-23-7-5-14(25)21-17(23)27/h5,7,9,12-13,24,28H,2-4,6,8,10H2,1H3,(H2,19,20)(H,21,25,27)/t12-,13+,18+/m0/s1. The summed E-state index contributed by atoms with van der Waals surface area (Å²) < 4.78 is 1.17. The van der Waals surface area contributed by atoms with Gasteiger partial charge in [-0.1, -0.05) is 0 Å². The third-order valence-electron chi connectivity index (χ3n) is 5.47. The molecule has 5 N–H and O–H groups in total. The fourth-order valence-corrected chi connectivity index (χ4v) is 4.23. The van der Waals surface area contributed by atoms with Crippen LogP contribution in [0.3, 0.4) is 0 Å². The molecule has 10 nitrogen and oxygen atoms in total. The molecule has 1 fully saturated rings. The Balaban J connectivity index is 1.58. The molecule has 0 aliphatic heterocycles. The van der Waals surface area contributed by atoms with Gasteiger partial charge in [0.05, 0.1) is 18.3 Å². The summed E-state index contributed by atoms with van der Waals surface area (Å²) in [7, 11) is 1.69. The molecule has 0 aromatic carbocycles. The van der Waals surface area contributed by atoms with Crippen LogP contribution in [0.15, 0.2) is 27.2 Å². The Morgan fingerprint density at radius 1 is 1.52 bits per heavy atom. The predicted molar refractivity (Wildman–Crippen MR) is 108 cm³/mol. The lowest BCUT2D eigenvalue weighted by atomic mass is 9.79. The van der Waals surface area contributed by atoms with Crippen LogP contribution in [0.4, 0.5) is 5.13 Å². The minimum Gasteiger partial charge on any atom is -0.390 e. The van der Waals surface area contributed by atoms with Gasteiger partial charge in [-0.3, -0.25) is 19.1 Å². The van der Waals surface area contributed by atoms with Gasteiger partial charge in [0.25, 0.3) is 5.56 Å². The van der Waals surface area contributed by atoms with Gasteiger partial charge >= 0.3 is 5.69 Å². The zero-order chi connectivity index (χ0) is 21.2. The summed E-state index contributed by atoms with van der Waals surface area (Å²) in [5, 5.41) is 23.7. The molecular weight excluding hydrogens is 398 g/mol. The highest BCUT2D eigenvalue weighted by Crippen LogP contribution is 2.32. The van der Waals surface area contributed by atoms with E-state index in [0.717, 1.165) is 5.69 Å². The number of carbonyl (C=O) groups is 1. The van der Waals surface area contributed by atoms with Crippen molar-refractivity contribution in [3.05, 3.63) is 44.2 Å². The second kappa shape index (κ2) is 8.47. The van der Waals surface area contributed by atoms with Crippen molar-refractivity contribution in [2.75, 3.05) is 12.8 Å². The van der Waals surface area contributed by atoms with Crippen molar-refractivity contribution in [1.82, 2.24) is 19.4 Å². The molecule has 0 radical (unpaired) electrons. The first-order chi connectivity index (χ1) is 13.7. The third-order valence-corrected chi connectivity index (χ3v) is 6.20. The van der Waals surface area contributed by atoms with Gasteiger partial charge < -0.3 is 20.8 Å². The molecule has 1 saturated carbocycles. The number of aryl methyl sites for hydroxylation is 1. The third kappa shape index (κ3) is 4.92. The van der Waals surface area contributed by atoms with Crippen LogP contribution in [0.1, 0.15) is 31.4 Å². The number of hydrogen-bond acceptors (Lipinski definition) is 8. The smallest absolute Gasteiger partial charge is 0.328 e. The number of rotatable bonds is 6. The quantitative estimate of drug-likeness (QED) is 0.479. The molecule has 1 amide bonds. The second-order valence-corrected chi connectivity index (χ2v) is 8.36. The first-order valence-corrected chi connectivity index (χ1v) is 10.2. The Morgan fingerprint density at radius 3 is 2.90 bits per heavy atom. The number of nitrogens with zero attached hydrogens (tertiary/aromatic N) is 3. The van der Waals surface area contributed by atoms with Crippen LogP contribution in [-0.4, -0.2) is 60.3 Å². The lowest BCUT2D eigenvalue weighted by Gasteiger charge is -2.43. The number of nitrogen functional groups attached to an aromatic ring is 1. The average Bonchev–Trinajstić information content (AvgIpc) is 3.09. The van der Waals surface area contributed by atoms with Gasteiger partial charge in [0.15, 0.2) is 5.13 Å². The summed E-state index contributed by atoms with van der Waals surface area (Å²) in [6, 6.07) is 0.969. The van der Waals surface area contributed by atoms with Crippen LogP contribution >= 0.6 is 11.3 Å². The number of aromatic nitrogens is 3. The minimum atomic E-state index is -1.51. The summed E-state index contributed by atoms with van der Waals surface area (Å²) >= 11 is 1.33. The lowest BCUT2D eigenvalue weighted by Crippen LogP contribution is -2.55. The number of aromatic amines is 1. The average molecular weight is 423 g/mol. The van der Waals surface area contributed by atoms with Crippen LogP contribution in [0, 0.1) is 0 Å². The maximum atomic E-state index is 12.5. The fraction of sp³-hybridized carbons (Fsp3) is 0.556. The highest BCUT2D eigenvalue weighted by molar-refractivity contribution is 7.13.